The Labute approximate surface area is 151 Å². The summed E-state index contributed by atoms with van der Waals surface area (Å²) in [5.74, 6) is 0.297. The number of hydrogen-bond acceptors (Lipinski definition) is 7. The lowest BCUT2D eigenvalue weighted by molar-refractivity contribution is 0.102. The number of benzene rings is 1. The highest BCUT2D eigenvalue weighted by Gasteiger charge is 2.31. The van der Waals surface area contributed by atoms with Gasteiger partial charge in [-0.05, 0) is 30.7 Å². The lowest BCUT2D eigenvalue weighted by atomic mass is 10.2. The van der Waals surface area contributed by atoms with Gasteiger partial charge in [0.05, 0.1) is 22.8 Å². The minimum Gasteiger partial charge on any atom is -0.354 e. The molecule has 1 saturated heterocycles. The Bertz CT molecular complexity index is 967. The molecule has 0 spiro atoms. The Morgan fingerprint density at radius 1 is 1.27 bits per heavy atom. The van der Waals surface area contributed by atoms with E-state index < -0.39 is 15.7 Å². The molecule has 0 bridgehead atoms. The number of carbonyl (C=O) groups excluding carboxylic acids is 1. The van der Waals surface area contributed by atoms with Gasteiger partial charge in [-0.2, -0.15) is 5.26 Å². The SMILES string of the molecule is CN(c1ccc(C(=O)Nc2ccccc2C#N)nn1)C1CCS(=O)(=O)C1. The third-order valence-electron chi connectivity index (χ3n) is 4.30. The minimum atomic E-state index is -2.99. The van der Waals surface area contributed by atoms with Gasteiger partial charge in [0.15, 0.2) is 21.3 Å². The quantitative estimate of drug-likeness (QED) is 0.859. The van der Waals surface area contributed by atoms with Crippen molar-refractivity contribution in [1.82, 2.24) is 10.2 Å². The van der Waals surface area contributed by atoms with Gasteiger partial charge in [-0.15, -0.1) is 10.2 Å². The molecule has 0 radical (unpaired) electrons. The Balaban J connectivity index is 1.71. The summed E-state index contributed by atoms with van der Waals surface area (Å²) in [6, 6.07) is 11.7. The fourth-order valence-electron chi connectivity index (χ4n) is 2.78. The molecule has 0 saturated carbocycles. The predicted molar refractivity (Wildman–Crippen MR) is 96.6 cm³/mol. The average Bonchev–Trinajstić information content (AvgIpc) is 3.01. The molecule has 9 heteroatoms. The van der Waals surface area contributed by atoms with Gasteiger partial charge in [-0.3, -0.25) is 4.79 Å². The Hall–Kier alpha value is -2.99. The van der Waals surface area contributed by atoms with Gasteiger partial charge in [-0.1, -0.05) is 12.1 Å². The molecule has 2 heterocycles. The highest BCUT2D eigenvalue weighted by molar-refractivity contribution is 7.91. The number of nitriles is 1. The van der Waals surface area contributed by atoms with Gasteiger partial charge < -0.3 is 10.2 Å². The maximum Gasteiger partial charge on any atom is 0.276 e. The molecule has 2 aromatic rings. The van der Waals surface area contributed by atoms with Crippen LogP contribution in [-0.2, 0) is 9.84 Å². The zero-order valence-corrected chi connectivity index (χ0v) is 14.9. The van der Waals surface area contributed by atoms with Crippen LogP contribution in [0.5, 0.6) is 0 Å². The number of carbonyl (C=O) groups is 1. The van der Waals surface area contributed by atoms with Crippen LogP contribution >= 0.6 is 0 Å². The van der Waals surface area contributed by atoms with Crippen molar-refractivity contribution >= 4 is 27.2 Å². The van der Waals surface area contributed by atoms with Gasteiger partial charge in [0.25, 0.3) is 5.91 Å². The van der Waals surface area contributed by atoms with Crippen LogP contribution in [0.4, 0.5) is 11.5 Å². The van der Waals surface area contributed by atoms with E-state index in [1.807, 2.05) is 6.07 Å². The molecule has 1 N–H and O–H groups in total. The monoisotopic (exact) mass is 371 g/mol. The molecule has 26 heavy (non-hydrogen) atoms. The normalized spacial score (nSPS) is 18.1. The number of nitrogens with zero attached hydrogens (tertiary/aromatic N) is 4. The second-order valence-electron chi connectivity index (χ2n) is 6.06. The van der Waals surface area contributed by atoms with Crippen LogP contribution in [0.1, 0.15) is 22.5 Å². The lowest BCUT2D eigenvalue weighted by Gasteiger charge is -2.23. The summed E-state index contributed by atoms with van der Waals surface area (Å²) >= 11 is 0. The van der Waals surface area contributed by atoms with Gasteiger partial charge in [0.2, 0.25) is 0 Å². The largest absolute Gasteiger partial charge is 0.354 e. The minimum absolute atomic E-state index is 0.0956. The highest BCUT2D eigenvalue weighted by atomic mass is 32.2. The van der Waals surface area contributed by atoms with Gasteiger partial charge in [0, 0.05) is 13.1 Å². The summed E-state index contributed by atoms with van der Waals surface area (Å²) < 4.78 is 23.2. The molecule has 1 atom stereocenters. The molecule has 1 aromatic carbocycles. The van der Waals surface area contributed by atoms with Gasteiger partial charge in [0.1, 0.15) is 6.07 Å². The smallest absolute Gasteiger partial charge is 0.276 e. The fraction of sp³-hybridized carbons (Fsp3) is 0.294. The Morgan fingerprint density at radius 2 is 2.04 bits per heavy atom. The van der Waals surface area contributed by atoms with Crippen molar-refractivity contribution in [2.75, 3.05) is 28.8 Å². The van der Waals surface area contributed by atoms with Gasteiger partial charge >= 0.3 is 0 Å². The van der Waals surface area contributed by atoms with E-state index in [9.17, 15) is 13.2 Å². The molecule has 0 aliphatic carbocycles. The molecular formula is C17H17N5O3S. The molecule has 1 aromatic heterocycles. The topological polar surface area (TPSA) is 116 Å². The van der Waals surface area contributed by atoms with Crippen molar-refractivity contribution in [3.8, 4) is 6.07 Å². The first-order valence-electron chi connectivity index (χ1n) is 7.97. The van der Waals surface area contributed by atoms with Crippen molar-refractivity contribution in [3.05, 3.63) is 47.7 Å². The van der Waals surface area contributed by atoms with E-state index >= 15 is 0 Å². The third kappa shape index (κ3) is 3.81. The van der Waals surface area contributed by atoms with Crippen LogP contribution < -0.4 is 10.2 Å². The molecular weight excluding hydrogens is 354 g/mol. The fourth-order valence-corrected chi connectivity index (χ4v) is 4.55. The maximum absolute atomic E-state index is 12.3. The number of aromatic nitrogens is 2. The Morgan fingerprint density at radius 3 is 2.65 bits per heavy atom. The highest BCUT2D eigenvalue weighted by Crippen LogP contribution is 2.21. The Kier molecular flexibility index (Phi) is 4.86. The number of amides is 1. The van der Waals surface area contributed by atoms with Crippen LogP contribution in [0.3, 0.4) is 0 Å². The van der Waals surface area contributed by atoms with Crippen LogP contribution in [0.25, 0.3) is 0 Å². The molecule has 8 nitrogen and oxygen atoms in total. The molecule has 1 amide bonds. The van der Waals surface area contributed by atoms with E-state index in [1.165, 1.54) is 6.07 Å². The number of para-hydroxylation sites is 1. The number of hydrogen-bond donors (Lipinski definition) is 1. The first-order chi connectivity index (χ1) is 12.4. The van der Waals surface area contributed by atoms with Crippen molar-refractivity contribution in [2.24, 2.45) is 0 Å². The zero-order chi connectivity index (χ0) is 18.7. The van der Waals surface area contributed by atoms with Crippen molar-refractivity contribution in [1.29, 1.82) is 5.26 Å². The molecule has 1 unspecified atom stereocenters. The van der Waals surface area contributed by atoms with E-state index in [-0.39, 0.29) is 23.2 Å². The van der Waals surface area contributed by atoms with Gasteiger partial charge in [-0.25, -0.2) is 8.42 Å². The van der Waals surface area contributed by atoms with Crippen molar-refractivity contribution in [3.63, 3.8) is 0 Å². The number of anilines is 2. The lowest BCUT2D eigenvalue weighted by Crippen LogP contribution is -2.33. The van der Waals surface area contributed by atoms with E-state index in [4.69, 9.17) is 5.26 Å². The average molecular weight is 371 g/mol. The summed E-state index contributed by atoms with van der Waals surface area (Å²) in [7, 11) is -1.23. The first kappa shape index (κ1) is 17.8. The molecule has 1 aliphatic heterocycles. The summed E-state index contributed by atoms with van der Waals surface area (Å²) in [5, 5.41) is 19.7. The third-order valence-corrected chi connectivity index (χ3v) is 6.05. The summed E-state index contributed by atoms with van der Waals surface area (Å²) in [5.41, 5.74) is 0.862. The van der Waals surface area contributed by atoms with Crippen LogP contribution in [0.15, 0.2) is 36.4 Å². The van der Waals surface area contributed by atoms with E-state index in [1.54, 1.807) is 42.3 Å². The standard InChI is InChI=1S/C17H17N5O3S/c1-22(13-8-9-26(24,25)11-13)16-7-6-15(20-21-16)17(23)19-14-5-3-2-4-12(14)10-18/h2-7,13H,8-9,11H2,1H3,(H,19,23). The first-order valence-corrected chi connectivity index (χ1v) is 9.79. The van der Waals surface area contributed by atoms with E-state index in [2.05, 4.69) is 15.5 Å². The van der Waals surface area contributed by atoms with E-state index in [0.29, 0.717) is 23.5 Å². The van der Waals surface area contributed by atoms with Crippen LogP contribution in [0, 0.1) is 11.3 Å². The zero-order valence-electron chi connectivity index (χ0n) is 14.1. The molecule has 1 fully saturated rings. The number of sulfone groups is 1. The summed E-state index contributed by atoms with van der Waals surface area (Å²) in [6.45, 7) is 0. The molecule has 134 valence electrons. The second-order valence-corrected chi connectivity index (χ2v) is 8.28. The van der Waals surface area contributed by atoms with Crippen molar-refractivity contribution < 1.29 is 13.2 Å². The van der Waals surface area contributed by atoms with Crippen LogP contribution in [-0.4, -0.2) is 49.1 Å². The van der Waals surface area contributed by atoms with Crippen LogP contribution in [0.2, 0.25) is 0 Å². The van der Waals surface area contributed by atoms with E-state index in [0.717, 1.165) is 0 Å². The number of nitrogens with one attached hydrogen (secondary N) is 1. The summed E-state index contributed by atoms with van der Waals surface area (Å²) in [6.07, 6.45) is 0.549. The predicted octanol–water partition coefficient (Wildman–Crippen LogP) is 1.22. The van der Waals surface area contributed by atoms with Crippen molar-refractivity contribution in [2.45, 2.75) is 12.5 Å². The second kappa shape index (κ2) is 7.09. The maximum atomic E-state index is 12.3. The molecule has 3 rings (SSSR count). The molecule has 1 aliphatic rings. The summed E-state index contributed by atoms with van der Waals surface area (Å²) in [4.78, 5) is 14.1. The number of rotatable bonds is 4.